The van der Waals surface area contributed by atoms with Crippen molar-refractivity contribution in [2.24, 2.45) is 5.92 Å². The summed E-state index contributed by atoms with van der Waals surface area (Å²) in [5, 5.41) is 22.9. The van der Waals surface area contributed by atoms with Gasteiger partial charge in [0.1, 0.15) is 0 Å². The first-order valence-electron chi connectivity index (χ1n) is 10.7. The largest absolute Gasteiger partial charge is 0.481 e. The lowest BCUT2D eigenvalue weighted by molar-refractivity contribution is -0.142. The van der Waals surface area contributed by atoms with E-state index >= 15 is 0 Å². The van der Waals surface area contributed by atoms with Gasteiger partial charge in [-0.2, -0.15) is 0 Å². The summed E-state index contributed by atoms with van der Waals surface area (Å²) in [5.74, 6) is -1.36. The van der Waals surface area contributed by atoms with Gasteiger partial charge < -0.3 is 15.1 Å². The number of carbonyl (C=O) groups excluding carboxylic acids is 1. The Labute approximate surface area is 181 Å². The Morgan fingerprint density at radius 2 is 1.55 bits per heavy atom. The molecule has 1 unspecified atom stereocenters. The molecule has 2 N–H and O–H groups in total. The predicted molar refractivity (Wildman–Crippen MR) is 120 cm³/mol. The number of benzene rings is 3. The third-order valence-electron chi connectivity index (χ3n) is 6.42. The molecular formula is C26H27NO4. The van der Waals surface area contributed by atoms with Crippen LogP contribution in [-0.4, -0.2) is 45.7 Å². The predicted octanol–water partition coefficient (Wildman–Crippen LogP) is 4.14. The SMILES string of the molecule is O=C(O)CC(Cc1ccccc1)C1(O)CCN(C(=O)c2ccc3ccccc3c2)CC1. The number of hydrogen-bond acceptors (Lipinski definition) is 3. The van der Waals surface area contributed by atoms with Crippen LogP contribution in [0.3, 0.4) is 0 Å². The highest BCUT2D eigenvalue weighted by molar-refractivity contribution is 5.98. The second kappa shape index (κ2) is 8.90. The first kappa shape index (κ1) is 21.1. The molecule has 4 rings (SSSR count). The molecule has 0 bridgehead atoms. The summed E-state index contributed by atoms with van der Waals surface area (Å²) in [7, 11) is 0. The number of hydrogen-bond donors (Lipinski definition) is 2. The van der Waals surface area contributed by atoms with Crippen molar-refractivity contribution in [3.8, 4) is 0 Å². The lowest BCUT2D eigenvalue weighted by Gasteiger charge is -2.43. The minimum absolute atomic E-state index is 0.0503. The van der Waals surface area contributed by atoms with Crippen molar-refractivity contribution in [1.29, 1.82) is 0 Å². The number of nitrogens with zero attached hydrogens (tertiary/aromatic N) is 1. The van der Waals surface area contributed by atoms with Gasteiger partial charge in [0, 0.05) is 24.6 Å². The summed E-state index contributed by atoms with van der Waals surface area (Å²) < 4.78 is 0. The third-order valence-corrected chi connectivity index (χ3v) is 6.42. The number of likely N-dealkylation sites (tertiary alicyclic amines) is 1. The summed E-state index contributed by atoms with van der Waals surface area (Å²) >= 11 is 0. The van der Waals surface area contributed by atoms with Crippen molar-refractivity contribution >= 4 is 22.6 Å². The normalized spacial score (nSPS) is 16.7. The lowest BCUT2D eigenvalue weighted by Crippen LogP contribution is -2.51. The van der Waals surface area contributed by atoms with Crippen LogP contribution in [0.1, 0.15) is 35.2 Å². The Hall–Kier alpha value is -3.18. The number of aliphatic hydroxyl groups is 1. The molecule has 1 aliphatic heterocycles. The number of rotatable bonds is 6. The number of carboxylic acids is 1. The van der Waals surface area contributed by atoms with Crippen molar-refractivity contribution in [1.82, 2.24) is 4.90 Å². The average Bonchev–Trinajstić information content (AvgIpc) is 2.79. The summed E-state index contributed by atoms with van der Waals surface area (Å²) in [6, 6.07) is 23.3. The molecule has 1 fully saturated rings. The molecule has 5 heteroatoms. The summed E-state index contributed by atoms with van der Waals surface area (Å²) in [6.45, 7) is 0.820. The molecule has 0 spiro atoms. The third kappa shape index (κ3) is 4.78. The lowest BCUT2D eigenvalue weighted by atomic mass is 9.75. The average molecular weight is 418 g/mol. The van der Waals surface area contributed by atoms with Crippen molar-refractivity contribution in [3.05, 3.63) is 83.9 Å². The molecule has 0 radical (unpaired) electrons. The van der Waals surface area contributed by atoms with E-state index in [1.807, 2.05) is 72.8 Å². The molecule has 1 amide bonds. The first-order chi connectivity index (χ1) is 14.9. The van der Waals surface area contributed by atoms with Gasteiger partial charge in [-0.05, 0) is 47.7 Å². The molecule has 0 aromatic heterocycles. The van der Waals surface area contributed by atoms with Crippen molar-refractivity contribution < 1.29 is 19.8 Å². The minimum atomic E-state index is -1.10. The zero-order valence-electron chi connectivity index (χ0n) is 17.4. The standard InChI is InChI=1S/C26H27NO4/c28-24(29)18-23(16-19-6-2-1-3-7-19)26(31)12-14-27(15-13-26)25(30)22-11-10-20-8-4-5-9-21(20)17-22/h1-11,17,23,31H,12-16,18H2,(H,28,29). The summed E-state index contributed by atoms with van der Waals surface area (Å²) in [6.07, 6.45) is 1.15. The monoisotopic (exact) mass is 417 g/mol. The minimum Gasteiger partial charge on any atom is -0.481 e. The molecule has 31 heavy (non-hydrogen) atoms. The van der Waals surface area contributed by atoms with Crippen LogP contribution in [-0.2, 0) is 11.2 Å². The van der Waals surface area contributed by atoms with Gasteiger partial charge in [-0.1, -0.05) is 60.7 Å². The van der Waals surface area contributed by atoms with Crippen LogP contribution in [0.2, 0.25) is 0 Å². The molecule has 5 nitrogen and oxygen atoms in total. The number of aliphatic carboxylic acids is 1. The van der Waals surface area contributed by atoms with Gasteiger partial charge in [0.05, 0.1) is 12.0 Å². The Morgan fingerprint density at radius 1 is 0.903 bits per heavy atom. The van der Waals surface area contributed by atoms with Crippen molar-refractivity contribution in [2.45, 2.75) is 31.3 Å². The van der Waals surface area contributed by atoms with Crippen LogP contribution in [0.25, 0.3) is 10.8 Å². The Morgan fingerprint density at radius 3 is 2.23 bits per heavy atom. The highest BCUT2D eigenvalue weighted by Crippen LogP contribution is 2.35. The quantitative estimate of drug-likeness (QED) is 0.632. The van der Waals surface area contributed by atoms with E-state index in [1.165, 1.54) is 0 Å². The topological polar surface area (TPSA) is 77.8 Å². The van der Waals surface area contributed by atoms with E-state index < -0.39 is 17.5 Å². The van der Waals surface area contributed by atoms with Gasteiger partial charge in [0.2, 0.25) is 0 Å². The number of fused-ring (bicyclic) bond motifs is 1. The molecule has 1 heterocycles. The molecule has 160 valence electrons. The summed E-state index contributed by atoms with van der Waals surface area (Å²) in [5.41, 5.74) is 0.543. The molecule has 0 saturated carbocycles. The molecule has 1 aliphatic rings. The van der Waals surface area contributed by atoms with Crippen LogP contribution < -0.4 is 0 Å². The van der Waals surface area contributed by atoms with E-state index in [4.69, 9.17) is 0 Å². The van der Waals surface area contributed by atoms with E-state index in [0.29, 0.717) is 37.9 Å². The van der Waals surface area contributed by atoms with Crippen LogP contribution in [0.5, 0.6) is 0 Å². The van der Waals surface area contributed by atoms with E-state index in [9.17, 15) is 19.8 Å². The maximum atomic E-state index is 13.0. The highest BCUT2D eigenvalue weighted by Gasteiger charge is 2.41. The molecule has 1 saturated heterocycles. The van der Waals surface area contributed by atoms with E-state index in [2.05, 4.69) is 0 Å². The van der Waals surface area contributed by atoms with E-state index in [1.54, 1.807) is 4.90 Å². The molecule has 3 aromatic carbocycles. The second-order valence-corrected chi connectivity index (χ2v) is 8.44. The Kier molecular flexibility index (Phi) is 6.05. The van der Waals surface area contributed by atoms with Gasteiger partial charge in [0.25, 0.3) is 5.91 Å². The maximum absolute atomic E-state index is 13.0. The number of carboxylic acid groups (broad SMARTS) is 1. The Bertz CT molecular complexity index is 1070. The maximum Gasteiger partial charge on any atom is 0.303 e. The fourth-order valence-corrected chi connectivity index (χ4v) is 4.57. The first-order valence-corrected chi connectivity index (χ1v) is 10.7. The number of piperidine rings is 1. The van der Waals surface area contributed by atoms with E-state index in [-0.39, 0.29) is 12.3 Å². The fraction of sp³-hybridized carbons (Fsp3) is 0.308. The van der Waals surface area contributed by atoms with Crippen LogP contribution in [0.15, 0.2) is 72.8 Å². The molecular weight excluding hydrogens is 390 g/mol. The number of carbonyl (C=O) groups is 2. The van der Waals surface area contributed by atoms with Crippen LogP contribution in [0, 0.1) is 5.92 Å². The van der Waals surface area contributed by atoms with Crippen LogP contribution in [0.4, 0.5) is 0 Å². The van der Waals surface area contributed by atoms with E-state index in [0.717, 1.165) is 16.3 Å². The number of amides is 1. The van der Waals surface area contributed by atoms with Gasteiger partial charge in [-0.15, -0.1) is 0 Å². The van der Waals surface area contributed by atoms with Gasteiger partial charge >= 0.3 is 5.97 Å². The fourth-order valence-electron chi connectivity index (χ4n) is 4.57. The molecule has 0 aliphatic carbocycles. The molecule has 1 atom stereocenters. The summed E-state index contributed by atoms with van der Waals surface area (Å²) in [4.78, 5) is 26.3. The second-order valence-electron chi connectivity index (χ2n) is 8.44. The van der Waals surface area contributed by atoms with Crippen LogP contribution >= 0.6 is 0 Å². The zero-order valence-corrected chi connectivity index (χ0v) is 17.4. The van der Waals surface area contributed by atoms with Crippen molar-refractivity contribution in [2.75, 3.05) is 13.1 Å². The Balaban J connectivity index is 1.46. The van der Waals surface area contributed by atoms with Gasteiger partial charge in [-0.3, -0.25) is 9.59 Å². The smallest absolute Gasteiger partial charge is 0.303 e. The van der Waals surface area contributed by atoms with Gasteiger partial charge in [0.15, 0.2) is 0 Å². The molecule has 3 aromatic rings. The van der Waals surface area contributed by atoms with Crippen molar-refractivity contribution in [3.63, 3.8) is 0 Å². The highest BCUT2D eigenvalue weighted by atomic mass is 16.4. The van der Waals surface area contributed by atoms with Gasteiger partial charge in [-0.25, -0.2) is 0 Å². The zero-order chi connectivity index (χ0) is 21.8.